The number of anilines is 5. The van der Waals surface area contributed by atoms with Crippen LogP contribution in [0, 0.1) is 6.26 Å². The third-order valence-corrected chi connectivity index (χ3v) is 8.22. The summed E-state index contributed by atoms with van der Waals surface area (Å²) in [5, 5.41) is 2.00. The first-order valence-corrected chi connectivity index (χ1v) is 13.9. The second kappa shape index (κ2) is 9.91. The van der Waals surface area contributed by atoms with E-state index in [-0.39, 0.29) is 20.1 Å². The normalized spacial score (nSPS) is 12.5. The van der Waals surface area contributed by atoms with Crippen LogP contribution in [-0.2, 0) is 27.2 Å². The van der Waals surface area contributed by atoms with Gasteiger partial charge in [0.1, 0.15) is 12.0 Å². The second-order valence-electron chi connectivity index (χ2n) is 10.6. The van der Waals surface area contributed by atoms with Gasteiger partial charge in [-0.25, -0.2) is 4.98 Å². The minimum Gasteiger partial charge on any atom is -0.557 e. The zero-order valence-corrected chi connectivity index (χ0v) is 26.0. The van der Waals surface area contributed by atoms with Crippen LogP contribution in [0.2, 0.25) is 0 Å². The van der Waals surface area contributed by atoms with E-state index in [1.165, 1.54) is 0 Å². The summed E-state index contributed by atoms with van der Waals surface area (Å²) in [4.78, 5) is 14.2. The summed E-state index contributed by atoms with van der Waals surface area (Å²) < 4.78 is 20.2. The van der Waals surface area contributed by atoms with Gasteiger partial charge in [0.05, 0.1) is 24.0 Å². The molecule has 215 valence electrons. The molecule has 0 aliphatic carbocycles. The van der Waals surface area contributed by atoms with Gasteiger partial charge in [-0.15, -0.1) is 16.5 Å². The van der Waals surface area contributed by atoms with Gasteiger partial charge in [0.15, 0.2) is 5.69 Å². The van der Waals surface area contributed by atoms with Gasteiger partial charge < -0.3 is 18.2 Å². The number of oxazole rings is 1. The number of pyridine rings is 2. The number of fused-ring (bicyclic) bond motifs is 5. The molecule has 0 bridgehead atoms. The molecule has 9 heteroatoms. The molecule has 0 amide bonds. The summed E-state index contributed by atoms with van der Waals surface area (Å²) in [5.74, 6) is 1.15. The zero-order chi connectivity index (χ0) is 28.7. The molecule has 1 aliphatic rings. The van der Waals surface area contributed by atoms with E-state index in [0.29, 0.717) is 11.8 Å². The van der Waals surface area contributed by atoms with Crippen molar-refractivity contribution < 1.29 is 37.9 Å². The molecule has 1 radical (unpaired) electrons. The molecule has 0 saturated heterocycles. The summed E-state index contributed by atoms with van der Waals surface area (Å²) in [6.07, 6.45) is 6.60. The first kappa shape index (κ1) is 26.4. The van der Waals surface area contributed by atoms with Gasteiger partial charge >= 0.3 is 11.8 Å². The molecule has 6 heterocycles. The van der Waals surface area contributed by atoms with Crippen molar-refractivity contribution in [3.8, 4) is 22.4 Å². The van der Waals surface area contributed by atoms with Crippen molar-refractivity contribution in [2.24, 2.45) is 7.05 Å². The van der Waals surface area contributed by atoms with E-state index in [1.54, 1.807) is 12.5 Å². The molecule has 44 heavy (non-hydrogen) atoms. The maximum Gasteiger partial charge on any atom is 0.471 e. The number of furan rings is 2. The molecule has 1 aliphatic heterocycles. The molecule has 9 rings (SSSR count). The Balaban J connectivity index is 0.00000289. The Hall–Kier alpha value is -5.24. The van der Waals surface area contributed by atoms with Gasteiger partial charge in [-0.3, -0.25) is 4.98 Å². The Kier molecular flexibility index (Phi) is 5.94. The number of benzene rings is 3. The molecule has 0 atom stereocenters. The van der Waals surface area contributed by atoms with E-state index >= 15 is 0 Å². The minimum atomic E-state index is 0. The van der Waals surface area contributed by atoms with Crippen LogP contribution in [-0.4, -0.2) is 17.0 Å². The quantitative estimate of drug-likeness (QED) is 0.133. The Morgan fingerprint density at radius 2 is 1.66 bits per heavy atom. The predicted molar refractivity (Wildman–Crippen MR) is 165 cm³/mol. The number of rotatable bonds is 3. The van der Waals surface area contributed by atoms with Gasteiger partial charge in [-0.2, -0.15) is 4.57 Å². The number of aryl methyl sites for hydroxylation is 1. The summed E-state index contributed by atoms with van der Waals surface area (Å²) in [6.45, 7) is 0. The smallest absolute Gasteiger partial charge is 0.471 e. The Morgan fingerprint density at radius 3 is 2.52 bits per heavy atom. The number of aromatic nitrogens is 3. The molecule has 0 fully saturated rings. The van der Waals surface area contributed by atoms with E-state index in [1.807, 2.05) is 60.1 Å². The molecule has 0 spiro atoms. The molecule has 8 aromatic rings. The van der Waals surface area contributed by atoms with E-state index in [9.17, 15) is 0 Å². The summed E-state index contributed by atoms with van der Waals surface area (Å²) in [6, 6.07) is 31.0. The van der Waals surface area contributed by atoms with Crippen molar-refractivity contribution in [3.05, 3.63) is 110 Å². The minimum absolute atomic E-state index is 0. The van der Waals surface area contributed by atoms with E-state index in [0.717, 1.165) is 72.7 Å². The molecular weight excluding hydrogens is 731 g/mol. The van der Waals surface area contributed by atoms with E-state index in [4.69, 9.17) is 18.2 Å². The van der Waals surface area contributed by atoms with Crippen molar-refractivity contribution in [1.82, 2.24) is 9.97 Å². The van der Waals surface area contributed by atoms with Crippen molar-refractivity contribution >= 4 is 62.1 Å². The summed E-state index contributed by atoms with van der Waals surface area (Å²) in [7, 11) is 4.04. The molecule has 3 aromatic carbocycles. The molecule has 5 aromatic heterocycles. The second-order valence-corrected chi connectivity index (χ2v) is 10.6. The van der Waals surface area contributed by atoms with Gasteiger partial charge in [0.25, 0.3) is 5.82 Å². The van der Waals surface area contributed by atoms with Crippen LogP contribution in [0.25, 0.3) is 55.6 Å². The van der Waals surface area contributed by atoms with Crippen molar-refractivity contribution in [2.75, 3.05) is 16.8 Å². The zero-order valence-electron chi connectivity index (χ0n) is 23.6. The maximum atomic E-state index is 6.48. The van der Waals surface area contributed by atoms with Crippen molar-refractivity contribution in [1.29, 1.82) is 0 Å². The first-order valence-electron chi connectivity index (χ1n) is 13.9. The van der Waals surface area contributed by atoms with Gasteiger partial charge in [0.2, 0.25) is 5.52 Å². The third-order valence-electron chi connectivity index (χ3n) is 8.22. The Morgan fingerprint density at radius 1 is 0.841 bits per heavy atom. The SMILES string of the molecule is CN1c2ccccc2N(c2oc3occ(-c4ccccn4)c3[n+]2C)c2nc3c(-c4[c-]oc5ccccc45)cccc3cc21.[Ir]. The molecule has 0 unspecified atom stereocenters. The predicted octanol–water partition coefficient (Wildman–Crippen LogP) is 8.22. The standard InChI is InChI=1S/C35H23N5O3.Ir/c1-38-27-14-4-5-15-28(27)40(35-39(2)32-25(20-42-34(32)43-35)26-13-7-8-17-36-26)33-29(38)18-21-10-9-12-23(31(21)37-33)24-19-41-30-16-6-3-11-22(24)30;/h3-18,20H,1-2H3;. The molecule has 0 N–H and O–H groups in total. The topological polar surface area (TPSA) is 75.6 Å². The van der Waals surface area contributed by atoms with E-state index in [2.05, 4.69) is 70.6 Å². The van der Waals surface area contributed by atoms with Crippen LogP contribution < -0.4 is 14.4 Å². The van der Waals surface area contributed by atoms with Crippen LogP contribution in [0.1, 0.15) is 0 Å². The van der Waals surface area contributed by atoms with Crippen molar-refractivity contribution in [3.63, 3.8) is 0 Å². The number of hydrogen-bond acceptors (Lipinski definition) is 7. The van der Waals surface area contributed by atoms with Gasteiger partial charge in [0, 0.05) is 50.7 Å². The van der Waals surface area contributed by atoms with Gasteiger partial charge in [-0.1, -0.05) is 65.5 Å². The fourth-order valence-electron chi connectivity index (χ4n) is 6.16. The number of nitrogens with zero attached hydrogens (tertiary/aromatic N) is 5. The Labute approximate surface area is 265 Å². The monoisotopic (exact) mass is 754 g/mol. The average Bonchev–Trinajstić information content (AvgIpc) is 3.76. The fraction of sp³-hybridized carbons (Fsp3) is 0.0571. The third kappa shape index (κ3) is 3.70. The molecule has 8 nitrogen and oxygen atoms in total. The van der Waals surface area contributed by atoms with Crippen LogP contribution in [0.5, 0.6) is 0 Å². The van der Waals surface area contributed by atoms with Crippen LogP contribution in [0.3, 0.4) is 0 Å². The van der Waals surface area contributed by atoms with Crippen LogP contribution >= 0.6 is 0 Å². The maximum absolute atomic E-state index is 6.48. The first-order chi connectivity index (χ1) is 21.2. The van der Waals surface area contributed by atoms with Crippen molar-refractivity contribution in [2.45, 2.75) is 0 Å². The fourth-order valence-corrected chi connectivity index (χ4v) is 6.16. The summed E-state index contributed by atoms with van der Waals surface area (Å²) in [5.41, 5.74) is 8.84. The molecule has 0 saturated carbocycles. The Bertz CT molecular complexity index is 2360. The van der Waals surface area contributed by atoms with E-state index < -0.39 is 0 Å². The number of para-hydroxylation sites is 4. The van der Waals surface area contributed by atoms with Gasteiger partial charge in [-0.05, 0) is 35.7 Å². The largest absolute Gasteiger partial charge is 0.557 e. The summed E-state index contributed by atoms with van der Waals surface area (Å²) >= 11 is 0. The molecular formula is C35H23IrN5O3. The van der Waals surface area contributed by atoms with Crippen LogP contribution in [0.15, 0.2) is 117 Å². The number of hydrogen-bond donors (Lipinski definition) is 0. The average molecular weight is 754 g/mol. The van der Waals surface area contributed by atoms with Crippen LogP contribution in [0.4, 0.5) is 28.9 Å².